The van der Waals surface area contributed by atoms with Gasteiger partial charge in [0, 0.05) is 24.1 Å². The predicted octanol–water partition coefficient (Wildman–Crippen LogP) is 6.65. The number of fused-ring (bicyclic) bond motifs is 1. The van der Waals surface area contributed by atoms with E-state index in [4.69, 9.17) is 9.15 Å². The summed E-state index contributed by atoms with van der Waals surface area (Å²) in [6.45, 7) is 4.09. The SMILES string of the molecule is CC(C)Cc1cc(-c2oc3cc(O)cc(OCc4cccc(O)c4)c3c(=O)c2O)cc(Cc2ccccc2)c1O. The third-order valence-electron chi connectivity index (χ3n) is 6.62. The molecule has 0 fully saturated rings. The fourth-order valence-corrected chi connectivity index (χ4v) is 4.81. The van der Waals surface area contributed by atoms with Gasteiger partial charge in [-0.15, -0.1) is 0 Å². The molecule has 4 N–H and O–H groups in total. The van der Waals surface area contributed by atoms with Gasteiger partial charge in [0.2, 0.25) is 11.2 Å². The summed E-state index contributed by atoms with van der Waals surface area (Å²) in [7, 11) is 0. The summed E-state index contributed by atoms with van der Waals surface area (Å²) in [4.78, 5) is 13.5. The predicted molar refractivity (Wildman–Crippen MR) is 153 cm³/mol. The minimum absolute atomic E-state index is 0.00821. The van der Waals surface area contributed by atoms with Gasteiger partial charge in [0.1, 0.15) is 40.6 Å². The lowest BCUT2D eigenvalue weighted by molar-refractivity contribution is 0.306. The standard InChI is InChI=1S/C33H30O7/c1-19(2)11-22-14-24(15-23(30(22)36)12-20-7-4-3-5-8-20)33-32(38)31(37)29-27(16-26(35)17-28(29)40-33)39-18-21-9-6-10-25(34)13-21/h3-10,13-17,19,34-36,38H,11-12,18H2,1-2H3. The molecule has 0 radical (unpaired) electrons. The Bertz CT molecular complexity index is 1740. The van der Waals surface area contributed by atoms with Crippen LogP contribution < -0.4 is 10.2 Å². The zero-order chi connectivity index (χ0) is 28.4. The highest BCUT2D eigenvalue weighted by Gasteiger charge is 2.22. The Kier molecular flexibility index (Phi) is 7.38. The van der Waals surface area contributed by atoms with Crippen LogP contribution in [0.2, 0.25) is 0 Å². The van der Waals surface area contributed by atoms with Crippen molar-refractivity contribution in [1.29, 1.82) is 0 Å². The van der Waals surface area contributed by atoms with Crippen molar-refractivity contribution < 1.29 is 29.6 Å². The smallest absolute Gasteiger partial charge is 0.238 e. The van der Waals surface area contributed by atoms with E-state index in [1.54, 1.807) is 24.3 Å². The zero-order valence-corrected chi connectivity index (χ0v) is 22.2. The van der Waals surface area contributed by atoms with Crippen molar-refractivity contribution in [2.45, 2.75) is 33.3 Å². The van der Waals surface area contributed by atoms with Crippen LogP contribution in [0.5, 0.6) is 28.7 Å². The van der Waals surface area contributed by atoms with Crippen LogP contribution >= 0.6 is 0 Å². The van der Waals surface area contributed by atoms with Crippen molar-refractivity contribution in [1.82, 2.24) is 0 Å². The van der Waals surface area contributed by atoms with Crippen molar-refractivity contribution in [2.24, 2.45) is 5.92 Å². The molecule has 0 aliphatic heterocycles. The third-order valence-corrected chi connectivity index (χ3v) is 6.62. The summed E-state index contributed by atoms with van der Waals surface area (Å²) in [6.07, 6.45) is 1.02. The molecule has 204 valence electrons. The fraction of sp³-hybridized carbons (Fsp3) is 0.182. The van der Waals surface area contributed by atoms with Crippen molar-refractivity contribution >= 4 is 11.0 Å². The maximum absolute atomic E-state index is 13.5. The molecular formula is C33H30O7. The molecule has 0 aliphatic rings. The molecule has 0 aliphatic carbocycles. The number of hydrogen-bond donors (Lipinski definition) is 4. The molecule has 0 saturated heterocycles. The second kappa shape index (κ2) is 11.1. The molecule has 5 aromatic rings. The normalized spacial score (nSPS) is 11.3. The highest BCUT2D eigenvalue weighted by Crippen LogP contribution is 2.39. The van der Waals surface area contributed by atoms with Crippen LogP contribution in [-0.2, 0) is 19.4 Å². The summed E-state index contributed by atoms with van der Waals surface area (Å²) in [6, 6.07) is 22.1. The van der Waals surface area contributed by atoms with Gasteiger partial charge in [0.25, 0.3) is 0 Å². The Labute approximate surface area is 231 Å². The van der Waals surface area contributed by atoms with Gasteiger partial charge in [-0.05, 0) is 58.9 Å². The van der Waals surface area contributed by atoms with E-state index in [0.29, 0.717) is 35.1 Å². The maximum atomic E-state index is 13.5. The quantitative estimate of drug-likeness (QED) is 0.175. The average molecular weight is 539 g/mol. The number of rotatable bonds is 8. The van der Waals surface area contributed by atoms with Gasteiger partial charge in [-0.3, -0.25) is 4.79 Å². The molecule has 0 bridgehead atoms. The Morgan fingerprint density at radius 1 is 0.775 bits per heavy atom. The lowest BCUT2D eigenvalue weighted by atomic mass is 9.93. The van der Waals surface area contributed by atoms with Crippen LogP contribution in [0.25, 0.3) is 22.3 Å². The number of aromatic hydroxyl groups is 4. The second-order valence-electron chi connectivity index (χ2n) is 10.3. The van der Waals surface area contributed by atoms with Gasteiger partial charge in [0.05, 0.1) is 0 Å². The van der Waals surface area contributed by atoms with Crippen molar-refractivity contribution in [3.63, 3.8) is 0 Å². The van der Waals surface area contributed by atoms with E-state index < -0.39 is 11.2 Å². The average Bonchev–Trinajstić information content (AvgIpc) is 2.91. The summed E-state index contributed by atoms with van der Waals surface area (Å²) >= 11 is 0. The van der Waals surface area contributed by atoms with Crippen LogP contribution in [0.1, 0.15) is 36.1 Å². The van der Waals surface area contributed by atoms with Gasteiger partial charge >= 0.3 is 0 Å². The second-order valence-corrected chi connectivity index (χ2v) is 10.3. The number of ether oxygens (including phenoxy) is 1. The molecule has 0 spiro atoms. The van der Waals surface area contributed by atoms with E-state index in [1.165, 1.54) is 24.3 Å². The highest BCUT2D eigenvalue weighted by molar-refractivity contribution is 5.88. The molecular weight excluding hydrogens is 508 g/mol. The van der Waals surface area contributed by atoms with E-state index in [9.17, 15) is 25.2 Å². The zero-order valence-electron chi connectivity index (χ0n) is 22.2. The first kappa shape index (κ1) is 26.7. The molecule has 0 saturated carbocycles. The molecule has 0 unspecified atom stereocenters. The third kappa shape index (κ3) is 5.59. The topological polar surface area (TPSA) is 120 Å². The Hall–Kier alpha value is -4.91. The lowest BCUT2D eigenvalue weighted by Gasteiger charge is -2.16. The minimum atomic E-state index is -0.717. The van der Waals surface area contributed by atoms with Crippen molar-refractivity contribution in [3.8, 4) is 40.1 Å². The Morgan fingerprint density at radius 2 is 1.50 bits per heavy atom. The maximum Gasteiger partial charge on any atom is 0.238 e. The van der Waals surface area contributed by atoms with Gasteiger partial charge in [-0.2, -0.15) is 0 Å². The molecule has 1 heterocycles. The molecule has 1 aromatic heterocycles. The van der Waals surface area contributed by atoms with E-state index in [2.05, 4.69) is 0 Å². The van der Waals surface area contributed by atoms with E-state index >= 15 is 0 Å². The van der Waals surface area contributed by atoms with E-state index in [0.717, 1.165) is 5.56 Å². The molecule has 4 aromatic carbocycles. The van der Waals surface area contributed by atoms with E-state index in [-0.39, 0.29) is 52.3 Å². The van der Waals surface area contributed by atoms with Crippen LogP contribution in [0, 0.1) is 5.92 Å². The molecule has 7 heteroatoms. The molecule has 0 atom stereocenters. The largest absolute Gasteiger partial charge is 0.508 e. The van der Waals surface area contributed by atoms with Crippen molar-refractivity contribution in [3.05, 3.63) is 111 Å². The van der Waals surface area contributed by atoms with Crippen LogP contribution in [-0.4, -0.2) is 20.4 Å². The van der Waals surface area contributed by atoms with Gasteiger partial charge in [0.15, 0.2) is 5.76 Å². The Morgan fingerprint density at radius 3 is 2.23 bits per heavy atom. The minimum Gasteiger partial charge on any atom is -0.508 e. The Balaban J connectivity index is 1.62. The monoisotopic (exact) mass is 538 g/mol. The van der Waals surface area contributed by atoms with Crippen LogP contribution in [0.15, 0.2) is 88.1 Å². The van der Waals surface area contributed by atoms with Crippen LogP contribution in [0.3, 0.4) is 0 Å². The molecule has 7 nitrogen and oxygen atoms in total. The van der Waals surface area contributed by atoms with Gasteiger partial charge in [-0.1, -0.05) is 56.3 Å². The summed E-state index contributed by atoms with van der Waals surface area (Å²) in [5.74, 6) is -0.343. The van der Waals surface area contributed by atoms with Gasteiger partial charge < -0.3 is 29.6 Å². The lowest BCUT2D eigenvalue weighted by Crippen LogP contribution is -2.06. The number of benzene rings is 4. The summed E-state index contributed by atoms with van der Waals surface area (Å²) in [5.41, 5.74) is 2.69. The first-order chi connectivity index (χ1) is 19.2. The fourth-order valence-electron chi connectivity index (χ4n) is 4.81. The van der Waals surface area contributed by atoms with Gasteiger partial charge in [-0.25, -0.2) is 0 Å². The number of phenolic OH excluding ortho intramolecular Hbond substituents is 3. The van der Waals surface area contributed by atoms with Crippen molar-refractivity contribution in [2.75, 3.05) is 0 Å². The summed E-state index contributed by atoms with van der Waals surface area (Å²) < 4.78 is 11.9. The molecule has 5 rings (SSSR count). The molecule has 0 amide bonds. The summed E-state index contributed by atoms with van der Waals surface area (Å²) in [5, 5.41) is 42.2. The highest BCUT2D eigenvalue weighted by atomic mass is 16.5. The van der Waals surface area contributed by atoms with Crippen LogP contribution in [0.4, 0.5) is 0 Å². The first-order valence-corrected chi connectivity index (χ1v) is 13.0. The van der Waals surface area contributed by atoms with E-state index in [1.807, 2.05) is 44.2 Å². The first-order valence-electron chi connectivity index (χ1n) is 13.0. The number of phenols is 3. The number of hydrogen-bond acceptors (Lipinski definition) is 7. The molecule has 40 heavy (non-hydrogen) atoms.